The molecule has 1 unspecified atom stereocenters. The van der Waals surface area contributed by atoms with Crippen molar-refractivity contribution in [2.45, 2.75) is 19.4 Å². The zero-order valence-electron chi connectivity index (χ0n) is 11.3. The van der Waals surface area contributed by atoms with Crippen molar-refractivity contribution in [1.82, 2.24) is 15.1 Å². The Balaban J connectivity index is 2.35. The maximum absolute atomic E-state index is 6.26. The van der Waals surface area contributed by atoms with Crippen LogP contribution in [0.25, 0.3) is 0 Å². The van der Waals surface area contributed by atoms with Gasteiger partial charge in [-0.15, -0.1) is 11.3 Å². The summed E-state index contributed by atoms with van der Waals surface area (Å²) >= 11 is 7.92. The lowest BCUT2D eigenvalue weighted by Crippen LogP contribution is -2.24. The summed E-state index contributed by atoms with van der Waals surface area (Å²) in [6, 6.07) is 2.09. The van der Waals surface area contributed by atoms with Crippen molar-refractivity contribution in [2.24, 2.45) is 7.05 Å². The lowest BCUT2D eigenvalue weighted by Gasteiger charge is -2.18. The minimum absolute atomic E-state index is 0.0499. The zero-order valence-corrected chi connectivity index (χ0v) is 12.9. The molecule has 0 aliphatic heterocycles. The van der Waals surface area contributed by atoms with Crippen molar-refractivity contribution < 1.29 is 4.74 Å². The quantitative estimate of drug-likeness (QED) is 0.890. The molecule has 0 aliphatic carbocycles. The molecule has 0 bridgehead atoms. The summed E-state index contributed by atoms with van der Waals surface area (Å²) in [6.07, 6.45) is 2.75. The number of methoxy groups -OCH3 is 1. The summed E-state index contributed by atoms with van der Waals surface area (Å²) in [7, 11) is 3.59. The van der Waals surface area contributed by atoms with Crippen LogP contribution in [0, 0.1) is 0 Å². The van der Waals surface area contributed by atoms with E-state index in [0.717, 1.165) is 24.4 Å². The Morgan fingerprint density at radius 3 is 2.89 bits per heavy atom. The van der Waals surface area contributed by atoms with Crippen molar-refractivity contribution in [3.8, 4) is 5.75 Å². The second-order valence-corrected chi connectivity index (χ2v) is 5.63. The summed E-state index contributed by atoms with van der Waals surface area (Å²) < 4.78 is 7.08. The zero-order chi connectivity index (χ0) is 13.8. The van der Waals surface area contributed by atoms with Crippen molar-refractivity contribution in [2.75, 3.05) is 13.7 Å². The standard InChI is InChI=1S/C13H18ClN3OS/c1-4-5-15-12(11-6-9(18-3)8-19-11)13-10(14)7-16-17(13)2/h6-8,12,15H,4-5H2,1-3H3. The van der Waals surface area contributed by atoms with Gasteiger partial charge in [0, 0.05) is 17.3 Å². The van der Waals surface area contributed by atoms with Gasteiger partial charge in [0.1, 0.15) is 5.75 Å². The van der Waals surface area contributed by atoms with E-state index in [4.69, 9.17) is 16.3 Å². The minimum atomic E-state index is 0.0499. The molecule has 19 heavy (non-hydrogen) atoms. The van der Waals surface area contributed by atoms with Crippen LogP contribution >= 0.6 is 22.9 Å². The predicted octanol–water partition coefficient (Wildman–Crippen LogP) is 3.23. The summed E-state index contributed by atoms with van der Waals surface area (Å²) in [5, 5.41) is 10.4. The molecule has 0 radical (unpaired) electrons. The van der Waals surface area contributed by atoms with Crippen LogP contribution in [0.4, 0.5) is 0 Å². The number of thiophene rings is 1. The van der Waals surface area contributed by atoms with Gasteiger partial charge in [-0.3, -0.25) is 4.68 Å². The first-order valence-corrected chi connectivity index (χ1v) is 7.46. The molecule has 0 saturated carbocycles. The van der Waals surface area contributed by atoms with Crippen molar-refractivity contribution in [3.05, 3.63) is 33.2 Å². The highest BCUT2D eigenvalue weighted by Gasteiger charge is 2.22. The first-order chi connectivity index (χ1) is 9.17. The number of rotatable bonds is 6. The number of ether oxygens (including phenoxy) is 1. The van der Waals surface area contributed by atoms with Crippen molar-refractivity contribution >= 4 is 22.9 Å². The number of hydrogen-bond donors (Lipinski definition) is 1. The monoisotopic (exact) mass is 299 g/mol. The molecule has 2 rings (SSSR count). The smallest absolute Gasteiger partial charge is 0.129 e. The molecular weight excluding hydrogens is 282 g/mol. The Morgan fingerprint density at radius 2 is 2.37 bits per heavy atom. The highest BCUT2D eigenvalue weighted by Crippen LogP contribution is 2.33. The molecule has 2 aromatic heterocycles. The van der Waals surface area contributed by atoms with Gasteiger partial charge in [0.25, 0.3) is 0 Å². The van der Waals surface area contributed by atoms with Crippen molar-refractivity contribution in [1.29, 1.82) is 0 Å². The van der Waals surface area contributed by atoms with E-state index in [-0.39, 0.29) is 6.04 Å². The molecule has 1 atom stereocenters. The molecule has 2 aromatic rings. The fourth-order valence-corrected chi connectivity index (χ4v) is 3.17. The number of halogens is 1. The average molecular weight is 300 g/mol. The molecule has 104 valence electrons. The van der Waals surface area contributed by atoms with Gasteiger partial charge in [0.15, 0.2) is 0 Å². The van der Waals surface area contributed by atoms with Crippen LogP contribution in [0.3, 0.4) is 0 Å². The number of nitrogens with one attached hydrogen (secondary N) is 1. The van der Waals surface area contributed by atoms with Crippen LogP contribution in [0.1, 0.15) is 30.0 Å². The van der Waals surface area contributed by atoms with Gasteiger partial charge in [0.05, 0.1) is 30.1 Å². The van der Waals surface area contributed by atoms with Crippen LogP contribution in [0.2, 0.25) is 5.02 Å². The van der Waals surface area contributed by atoms with E-state index in [1.165, 1.54) is 4.88 Å². The van der Waals surface area contributed by atoms with E-state index in [9.17, 15) is 0 Å². The van der Waals surface area contributed by atoms with E-state index in [2.05, 4.69) is 17.3 Å². The van der Waals surface area contributed by atoms with Crippen molar-refractivity contribution in [3.63, 3.8) is 0 Å². The van der Waals surface area contributed by atoms with Gasteiger partial charge < -0.3 is 10.1 Å². The first-order valence-electron chi connectivity index (χ1n) is 6.20. The minimum Gasteiger partial charge on any atom is -0.496 e. The van der Waals surface area contributed by atoms with E-state index < -0.39 is 0 Å². The summed E-state index contributed by atoms with van der Waals surface area (Å²) in [4.78, 5) is 1.18. The van der Waals surface area contributed by atoms with E-state index in [1.807, 2.05) is 23.2 Å². The Bertz CT molecular complexity index is 518. The summed E-state index contributed by atoms with van der Waals surface area (Å²) in [6.45, 7) is 3.07. The Hall–Kier alpha value is -1.04. The predicted molar refractivity (Wildman–Crippen MR) is 79.2 cm³/mol. The SMILES string of the molecule is CCCNC(c1cc(OC)cs1)c1c(Cl)cnn1C. The third-order valence-electron chi connectivity index (χ3n) is 2.93. The number of hydrogen-bond acceptors (Lipinski definition) is 4. The molecule has 4 nitrogen and oxygen atoms in total. The molecule has 6 heteroatoms. The van der Waals surface area contributed by atoms with Gasteiger partial charge in [0.2, 0.25) is 0 Å². The molecule has 0 aliphatic rings. The third kappa shape index (κ3) is 3.11. The largest absolute Gasteiger partial charge is 0.496 e. The number of nitrogens with zero attached hydrogens (tertiary/aromatic N) is 2. The van der Waals surface area contributed by atoms with E-state index in [1.54, 1.807) is 24.6 Å². The fourth-order valence-electron chi connectivity index (χ4n) is 1.96. The highest BCUT2D eigenvalue weighted by atomic mass is 35.5. The van der Waals surface area contributed by atoms with Crippen LogP contribution in [-0.4, -0.2) is 23.4 Å². The van der Waals surface area contributed by atoms with Crippen LogP contribution < -0.4 is 10.1 Å². The molecule has 0 fully saturated rings. The third-order valence-corrected chi connectivity index (χ3v) is 4.19. The summed E-state index contributed by atoms with van der Waals surface area (Å²) in [5.74, 6) is 0.876. The maximum Gasteiger partial charge on any atom is 0.129 e. The molecule has 0 aromatic carbocycles. The van der Waals surface area contributed by atoms with Gasteiger partial charge in [-0.05, 0) is 19.0 Å². The molecule has 0 saturated heterocycles. The molecular formula is C13H18ClN3OS. The number of aromatic nitrogens is 2. The Labute approximate surface area is 122 Å². The van der Waals surface area contributed by atoms with Gasteiger partial charge in [-0.25, -0.2) is 0 Å². The Kier molecular flexibility index (Phi) is 4.85. The fraction of sp³-hybridized carbons (Fsp3) is 0.462. The van der Waals surface area contributed by atoms with Gasteiger partial charge >= 0.3 is 0 Å². The maximum atomic E-state index is 6.26. The lowest BCUT2D eigenvalue weighted by molar-refractivity contribution is 0.416. The van der Waals surface area contributed by atoms with E-state index in [0.29, 0.717) is 5.02 Å². The first kappa shape index (κ1) is 14.4. The normalized spacial score (nSPS) is 12.6. The molecule has 0 spiro atoms. The van der Waals surface area contributed by atoms with Gasteiger partial charge in [-0.2, -0.15) is 5.10 Å². The van der Waals surface area contributed by atoms with Gasteiger partial charge in [-0.1, -0.05) is 18.5 Å². The number of aryl methyl sites for hydroxylation is 1. The van der Waals surface area contributed by atoms with Crippen LogP contribution in [-0.2, 0) is 7.05 Å². The average Bonchev–Trinajstić information content (AvgIpc) is 3.00. The Morgan fingerprint density at radius 1 is 1.58 bits per heavy atom. The molecule has 2 heterocycles. The van der Waals surface area contributed by atoms with Crippen LogP contribution in [0.15, 0.2) is 17.6 Å². The molecule has 0 amide bonds. The molecule has 1 N–H and O–H groups in total. The topological polar surface area (TPSA) is 39.1 Å². The second-order valence-electron chi connectivity index (χ2n) is 4.28. The van der Waals surface area contributed by atoms with E-state index >= 15 is 0 Å². The second kappa shape index (κ2) is 6.41. The van der Waals surface area contributed by atoms with Crippen LogP contribution in [0.5, 0.6) is 5.75 Å². The summed E-state index contributed by atoms with van der Waals surface area (Å²) in [5.41, 5.74) is 0.986. The highest BCUT2D eigenvalue weighted by molar-refractivity contribution is 7.10. The lowest BCUT2D eigenvalue weighted by atomic mass is 10.1.